The number of carboxylic acids is 1. The molecule has 100 valence electrons. The van der Waals surface area contributed by atoms with Gasteiger partial charge in [0.05, 0.1) is 5.92 Å². The van der Waals surface area contributed by atoms with Crippen LogP contribution in [0.4, 0.5) is 0 Å². The quantitative estimate of drug-likeness (QED) is 0.887. The normalized spacial score (nSPS) is 15.7. The Balaban J connectivity index is 2.08. The maximum Gasteiger partial charge on any atom is 0.306 e. The smallest absolute Gasteiger partial charge is 0.306 e. The number of aromatic amines is 1. The molecule has 0 aliphatic heterocycles. The molecule has 1 aromatic carbocycles. The second kappa shape index (κ2) is 4.41. The van der Waals surface area contributed by atoms with Crippen LogP contribution in [0.15, 0.2) is 12.1 Å². The van der Waals surface area contributed by atoms with E-state index < -0.39 is 5.97 Å². The zero-order valence-corrected chi connectivity index (χ0v) is 11.4. The molecule has 2 aromatic rings. The highest BCUT2D eigenvalue weighted by Gasteiger charge is 2.19. The molecule has 0 radical (unpaired) electrons. The van der Waals surface area contributed by atoms with E-state index in [0.717, 1.165) is 17.6 Å². The third kappa shape index (κ3) is 2.03. The lowest BCUT2D eigenvalue weighted by Gasteiger charge is -2.07. The number of hydrogen-bond donors (Lipinski definition) is 2. The summed E-state index contributed by atoms with van der Waals surface area (Å²) in [5.41, 5.74) is 6.32. The fourth-order valence-electron chi connectivity index (χ4n) is 3.11. The van der Waals surface area contributed by atoms with Gasteiger partial charge in [-0.2, -0.15) is 0 Å². The van der Waals surface area contributed by atoms with E-state index in [1.54, 1.807) is 6.92 Å². The highest BCUT2D eigenvalue weighted by molar-refractivity contribution is 5.87. The summed E-state index contributed by atoms with van der Waals surface area (Å²) >= 11 is 0. The number of carboxylic acid groups (broad SMARTS) is 1. The minimum Gasteiger partial charge on any atom is -0.481 e. The van der Waals surface area contributed by atoms with Gasteiger partial charge in [0, 0.05) is 16.6 Å². The van der Waals surface area contributed by atoms with Crippen molar-refractivity contribution in [2.45, 2.75) is 39.5 Å². The van der Waals surface area contributed by atoms with Crippen molar-refractivity contribution in [2.24, 2.45) is 5.92 Å². The van der Waals surface area contributed by atoms with Crippen LogP contribution in [0.2, 0.25) is 0 Å². The molecule has 1 atom stereocenters. The lowest BCUT2D eigenvalue weighted by molar-refractivity contribution is -0.141. The Morgan fingerprint density at radius 3 is 2.74 bits per heavy atom. The van der Waals surface area contributed by atoms with Crippen LogP contribution in [0, 0.1) is 12.8 Å². The van der Waals surface area contributed by atoms with E-state index in [2.05, 4.69) is 17.1 Å². The molecular formula is C16H19NO2. The van der Waals surface area contributed by atoms with E-state index in [0.29, 0.717) is 6.42 Å². The van der Waals surface area contributed by atoms with Crippen LogP contribution >= 0.6 is 0 Å². The molecule has 1 aromatic heterocycles. The summed E-state index contributed by atoms with van der Waals surface area (Å²) < 4.78 is 0. The van der Waals surface area contributed by atoms with Gasteiger partial charge in [0.2, 0.25) is 0 Å². The van der Waals surface area contributed by atoms with Crippen molar-refractivity contribution in [1.29, 1.82) is 0 Å². The lowest BCUT2D eigenvalue weighted by atomic mass is 9.97. The third-order valence-electron chi connectivity index (χ3n) is 4.26. The predicted molar refractivity (Wildman–Crippen MR) is 75.6 cm³/mol. The van der Waals surface area contributed by atoms with Crippen LogP contribution in [0.25, 0.3) is 10.9 Å². The molecule has 3 heteroatoms. The van der Waals surface area contributed by atoms with Crippen LogP contribution in [0.5, 0.6) is 0 Å². The summed E-state index contributed by atoms with van der Waals surface area (Å²) in [6, 6.07) is 4.52. The van der Waals surface area contributed by atoms with Gasteiger partial charge in [-0.1, -0.05) is 6.92 Å². The second-order valence-corrected chi connectivity index (χ2v) is 5.69. The predicted octanol–water partition coefficient (Wildman–Crippen LogP) is 3.23. The number of nitrogens with one attached hydrogen (secondary N) is 1. The highest BCUT2D eigenvalue weighted by Crippen LogP contribution is 2.31. The summed E-state index contributed by atoms with van der Waals surface area (Å²) in [4.78, 5) is 14.5. The molecule has 1 heterocycles. The largest absolute Gasteiger partial charge is 0.481 e. The van der Waals surface area contributed by atoms with E-state index in [4.69, 9.17) is 5.11 Å². The molecule has 0 amide bonds. The standard InChI is InChI=1S/C16H19NO2/c1-9(16(18)19)6-13-10(2)17-15-8-12-5-3-4-11(12)7-14(13)15/h7-9,17H,3-6H2,1-2H3,(H,18,19). The molecule has 3 nitrogen and oxygen atoms in total. The van der Waals surface area contributed by atoms with Crippen LogP contribution < -0.4 is 0 Å². The molecule has 0 spiro atoms. The first-order valence-electron chi connectivity index (χ1n) is 6.92. The van der Waals surface area contributed by atoms with Gasteiger partial charge >= 0.3 is 5.97 Å². The van der Waals surface area contributed by atoms with E-state index in [-0.39, 0.29) is 5.92 Å². The number of benzene rings is 1. The van der Waals surface area contributed by atoms with Gasteiger partial charge in [0.25, 0.3) is 0 Å². The minimum absolute atomic E-state index is 0.342. The summed E-state index contributed by atoms with van der Waals surface area (Å²) in [5, 5.41) is 10.3. The topological polar surface area (TPSA) is 53.1 Å². The minimum atomic E-state index is -0.727. The molecule has 0 saturated heterocycles. The Morgan fingerprint density at radius 1 is 1.37 bits per heavy atom. The van der Waals surface area contributed by atoms with E-state index in [1.165, 1.54) is 34.9 Å². The Morgan fingerprint density at radius 2 is 2.05 bits per heavy atom. The van der Waals surface area contributed by atoms with Gasteiger partial charge in [-0.05, 0) is 61.4 Å². The van der Waals surface area contributed by atoms with Crippen molar-refractivity contribution in [3.63, 3.8) is 0 Å². The van der Waals surface area contributed by atoms with Crippen LogP contribution in [-0.2, 0) is 24.1 Å². The number of hydrogen-bond acceptors (Lipinski definition) is 1. The maximum atomic E-state index is 11.0. The van der Waals surface area contributed by atoms with Crippen molar-refractivity contribution in [3.8, 4) is 0 Å². The van der Waals surface area contributed by atoms with Crippen molar-refractivity contribution in [2.75, 3.05) is 0 Å². The fraction of sp³-hybridized carbons (Fsp3) is 0.438. The van der Waals surface area contributed by atoms with Crippen molar-refractivity contribution in [1.82, 2.24) is 4.98 Å². The summed E-state index contributed by atoms with van der Waals surface area (Å²) in [5.74, 6) is -1.07. The van der Waals surface area contributed by atoms with Gasteiger partial charge in [-0.25, -0.2) is 0 Å². The van der Waals surface area contributed by atoms with Crippen LogP contribution in [0.1, 0.15) is 35.7 Å². The SMILES string of the molecule is Cc1[nH]c2cc3c(cc2c1CC(C)C(=O)O)CCC3. The van der Waals surface area contributed by atoms with Gasteiger partial charge < -0.3 is 10.1 Å². The Kier molecular flexibility index (Phi) is 2.85. The van der Waals surface area contributed by atoms with Crippen molar-refractivity contribution >= 4 is 16.9 Å². The molecule has 3 rings (SSSR count). The van der Waals surface area contributed by atoms with Gasteiger partial charge in [0.1, 0.15) is 0 Å². The Hall–Kier alpha value is -1.77. The van der Waals surface area contributed by atoms with Gasteiger partial charge in [-0.15, -0.1) is 0 Å². The lowest BCUT2D eigenvalue weighted by Crippen LogP contribution is -2.12. The summed E-state index contributed by atoms with van der Waals surface area (Å²) in [6.45, 7) is 3.81. The van der Waals surface area contributed by atoms with Crippen LogP contribution in [0.3, 0.4) is 0 Å². The number of H-pyrrole nitrogens is 1. The molecule has 0 bridgehead atoms. The molecule has 19 heavy (non-hydrogen) atoms. The Bertz CT molecular complexity index is 654. The number of aliphatic carboxylic acids is 1. The zero-order valence-electron chi connectivity index (χ0n) is 11.4. The van der Waals surface area contributed by atoms with Crippen molar-refractivity contribution < 1.29 is 9.90 Å². The van der Waals surface area contributed by atoms with Gasteiger partial charge in [-0.3, -0.25) is 4.79 Å². The first-order valence-corrected chi connectivity index (χ1v) is 6.92. The van der Waals surface area contributed by atoms with E-state index >= 15 is 0 Å². The average Bonchev–Trinajstić information content (AvgIpc) is 2.91. The number of rotatable bonds is 3. The monoisotopic (exact) mass is 257 g/mol. The molecule has 1 unspecified atom stereocenters. The second-order valence-electron chi connectivity index (χ2n) is 5.69. The Labute approximate surface area is 112 Å². The molecule has 2 N–H and O–H groups in total. The highest BCUT2D eigenvalue weighted by atomic mass is 16.4. The maximum absolute atomic E-state index is 11.0. The van der Waals surface area contributed by atoms with E-state index in [1.807, 2.05) is 6.92 Å². The molecule has 0 fully saturated rings. The van der Waals surface area contributed by atoms with Crippen molar-refractivity contribution in [3.05, 3.63) is 34.5 Å². The van der Waals surface area contributed by atoms with E-state index in [9.17, 15) is 4.79 Å². The first kappa shape index (κ1) is 12.3. The molecule has 0 saturated carbocycles. The molecule has 1 aliphatic carbocycles. The first-order chi connectivity index (χ1) is 9.06. The third-order valence-corrected chi connectivity index (χ3v) is 4.26. The van der Waals surface area contributed by atoms with Gasteiger partial charge in [0.15, 0.2) is 0 Å². The summed E-state index contributed by atoms with van der Waals surface area (Å²) in [6.07, 6.45) is 4.16. The fourth-order valence-corrected chi connectivity index (χ4v) is 3.11. The molecular weight excluding hydrogens is 238 g/mol. The number of carbonyl (C=O) groups is 1. The number of aromatic nitrogens is 1. The van der Waals surface area contributed by atoms with Crippen LogP contribution in [-0.4, -0.2) is 16.1 Å². The molecule has 1 aliphatic rings. The average molecular weight is 257 g/mol. The summed E-state index contributed by atoms with van der Waals surface area (Å²) in [7, 11) is 0. The number of fused-ring (bicyclic) bond motifs is 2. The number of aryl methyl sites for hydroxylation is 3. The zero-order chi connectivity index (χ0) is 13.6.